The van der Waals surface area contributed by atoms with Crippen LogP contribution in [0.25, 0.3) is 0 Å². The topological polar surface area (TPSA) is 48.5 Å². The van der Waals surface area contributed by atoms with Gasteiger partial charge in [0, 0.05) is 31.9 Å². The number of amides is 1. The summed E-state index contributed by atoms with van der Waals surface area (Å²) in [5.74, 6) is -0.158. The molecule has 5 heteroatoms. The molecule has 5 nitrogen and oxygen atoms in total. The van der Waals surface area contributed by atoms with Gasteiger partial charge < -0.3 is 15.1 Å². The third kappa shape index (κ3) is 3.99. The van der Waals surface area contributed by atoms with Crippen LogP contribution < -0.4 is 10.2 Å². The molecule has 0 saturated carbocycles. The predicted molar refractivity (Wildman–Crippen MR) is 102 cm³/mol. The average Bonchev–Trinajstić information content (AvgIpc) is 2.64. The van der Waals surface area contributed by atoms with Gasteiger partial charge in [-0.05, 0) is 43.7 Å². The number of benzene rings is 1. The molecule has 1 N–H and O–H groups in total. The van der Waals surface area contributed by atoms with E-state index in [1.165, 1.54) is 0 Å². The third-order valence-electron chi connectivity index (χ3n) is 4.83. The number of carbonyl (C=O) groups is 1. The molecular formula is C20H26N4O. The van der Waals surface area contributed by atoms with Crippen LogP contribution in [0, 0.1) is 6.92 Å². The zero-order chi connectivity index (χ0) is 17.8. The van der Waals surface area contributed by atoms with Crippen molar-refractivity contribution in [1.82, 2.24) is 9.88 Å². The predicted octanol–water partition coefficient (Wildman–Crippen LogP) is 2.96. The van der Waals surface area contributed by atoms with E-state index in [0.29, 0.717) is 5.69 Å². The van der Waals surface area contributed by atoms with Crippen LogP contribution >= 0.6 is 0 Å². The normalized spacial score (nSPS) is 15.2. The van der Waals surface area contributed by atoms with Crippen molar-refractivity contribution < 1.29 is 4.79 Å². The standard InChI is InChI=1S/C20H26N4O/c1-4-16-7-5-6-15(2)19(16)22-20(25)18-9-8-17(14-21-18)24-12-10-23(3)11-13-24/h5-9,14H,4,10-13H2,1-3H3,(H,22,25). The number of anilines is 2. The molecule has 1 aliphatic heterocycles. The Kier molecular flexibility index (Phi) is 5.34. The summed E-state index contributed by atoms with van der Waals surface area (Å²) in [5.41, 5.74) is 4.64. The Labute approximate surface area is 149 Å². The minimum absolute atomic E-state index is 0.158. The Morgan fingerprint density at radius 3 is 2.56 bits per heavy atom. The Morgan fingerprint density at radius 1 is 1.16 bits per heavy atom. The molecule has 2 aromatic rings. The molecule has 1 aliphatic rings. The van der Waals surface area contributed by atoms with E-state index in [1.54, 1.807) is 6.20 Å². The second-order valence-electron chi connectivity index (χ2n) is 6.61. The van der Waals surface area contributed by atoms with Gasteiger partial charge in [-0.1, -0.05) is 25.1 Å². The van der Waals surface area contributed by atoms with Crippen molar-refractivity contribution >= 4 is 17.3 Å². The van der Waals surface area contributed by atoms with Crippen LogP contribution in [0.5, 0.6) is 0 Å². The fraction of sp³-hybridized carbons (Fsp3) is 0.400. The quantitative estimate of drug-likeness (QED) is 0.931. The molecule has 1 saturated heterocycles. The van der Waals surface area contributed by atoms with Crippen LogP contribution in [-0.4, -0.2) is 49.0 Å². The number of aromatic nitrogens is 1. The number of hydrogen-bond acceptors (Lipinski definition) is 4. The zero-order valence-electron chi connectivity index (χ0n) is 15.2. The molecule has 132 valence electrons. The first-order valence-electron chi connectivity index (χ1n) is 8.88. The lowest BCUT2D eigenvalue weighted by atomic mass is 10.1. The summed E-state index contributed by atoms with van der Waals surface area (Å²) in [5, 5.41) is 3.03. The first kappa shape index (κ1) is 17.4. The van der Waals surface area contributed by atoms with Crippen molar-refractivity contribution in [1.29, 1.82) is 0 Å². The fourth-order valence-corrected chi connectivity index (χ4v) is 3.15. The highest BCUT2D eigenvalue weighted by Gasteiger charge is 2.16. The van der Waals surface area contributed by atoms with Gasteiger partial charge in [-0.25, -0.2) is 4.98 Å². The first-order chi connectivity index (χ1) is 12.1. The summed E-state index contributed by atoms with van der Waals surface area (Å²) in [6.45, 7) is 8.19. The van der Waals surface area contributed by atoms with Crippen LogP contribution in [0.1, 0.15) is 28.5 Å². The molecule has 0 spiro atoms. The number of rotatable bonds is 4. The summed E-state index contributed by atoms with van der Waals surface area (Å²) >= 11 is 0. The smallest absolute Gasteiger partial charge is 0.274 e. The van der Waals surface area contributed by atoms with Crippen LogP contribution in [-0.2, 0) is 6.42 Å². The number of para-hydroxylation sites is 1. The van der Waals surface area contributed by atoms with Gasteiger partial charge >= 0.3 is 0 Å². The number of hydrogen-bond donors (Lipinski definition) is 1. The van der Waals surface area contributed by atoms with Crippen molar-refractivity contribution in [3.8, 4) is 0 Å². The summed E-state index contributed by atoms with van der Waals surface area (Å²) in [6.07, 6.45) is 2.69. The minimum atomic E-state index is -0.158. The lowest BCUT2D eigenvalue weighted by Gasteiger charge is -2.33. The van der Waals surface area contributed by atoms with Crippen molar-refractivity contribution in [2.75, 3.05) is 43.4 Å². The monoisotopic (exact) mass is 338 g/mol. The van der Waals surface area contributed by atoms with E-state index < -0.39 is 0 Å². The van der Waals surface area contributed by atoms with E-state index in [-0.39, 0.29) is 5.91 Å². The van der Waals surface area contributed by atoms with Gasteiger partial charge in [-0.3, -0.25) is 4.79 Å². The van der Waals surface area contributed by atoms with Crippen molar-refractivity contribution in [3.05, 3.63) is 53.3 Å². The van der Waals surface area contributed by atoms with Gasteiger partial charge in [0.1, 0.15) is 5.69 Å². The molecule has 0 bridgehead atoms. The second-order valence-corrected chi connectivity index (χ2v) is 6.61. The number of pyridine rings is 1. The zero-order valence-corrected chi connectivity index (χ0v) is 15.2. The van der Waals surface area contributed by atoms with Gasteiger partial charge in [0.25, 0.3) is 5.91 Å². The Morgan fingerprint density at radius 2 is 1.92 bits per heavy atom. The molecule has 0 aliphatic carbocycles. The number of nitrogens with one attached hydrogen (secondary N) is 1. The van der Waals surface area contributed by atoms with Gasteiger partial charge in [0.2, 0.25) is 0 Å². The van der Waals surface area contributed by atoms with Crippen LogP contribution in [0.2, 0.25) is 0 Å². The molecule has 1 aromatic carbocycles. The molecule has 0 atom stereocenters. The average molecular weight is 338 g/mol. The Balaban J connectivity index is 1.71. The highest BCUT2D eigenvalue weighted by Crippen LogP contribution is 2.22. The van der Waals surface area contributed by atoms with E-state index in [2.05, 4.69) is 34.1 Å². The van der Waals surface area contributed by atoms with Gasteiger partial charge in [-0.2, -0.15) is 0 Å². The maximum absolute atomic E-state index is 12.6. The molecule has 3 rings (SSSR count). The van der Waals surface area contributed by atoms with E-state index in [1.807, 2.05) is 37.3 Å². The van der Waals surface area contributed by atoms with Crippen molar-refractivity contribution in [2.24, 2.45) is 0 Å². The van der Waals surface area contributed by atoms with E-state index >= 15 is 0 Å². The summed E-state index contributed by atoms with van der Waals surface area (Å²) in [4.78, 5) is 21.6. The Bertz CT molecular complexity index is 734. The molecule has 25 heavy (non-hydrogen) atoms. The first-order valence-corrected chi connectivity index (χ1v) is 8.88. The highest BCUT2D eigenvalue weighted by atomic mass is 16.1. The number of nitrogens with zero attached hydrogens (tertiary/aromatic N) is 3. The minimum Gasteiger partial charge on any atom is -0.368 e. The largest absolute Gasteiger partial charge is 0.368 e. The van der Waals surface area contributed by atoms with Gasteiger partial charge in [-0.15, -0.1) is 0 Å². The summed E-state index contributed by atoms with van der Waals surface area (Å²) in [6, 6.07) is 9.89. The fourth-order valence-electron chi connectivity index (χ4n) is 3.15. The van der Waals surface area contributed by atoms with Crippen LogP contribution in [0.15, 0.2) is 36.5 Å². The van der Waals surface area contributed by atoms with Gasteiger partial charge in [0.05, 0.1) is 11.9 Å². The SMILES string of the molecule is CCc1cccc(C)c1NC(=O)c1ccc(N2CCN(C)CC2)cn1. The molecule has 0 unspecified atom stereocenters. The highest BCUT2D eigenvalue weighted by molar-refractivity contribution is 6.03. The van der Waals surface area contributed by atoms with Gasteiger partial charge in [0.15, 0.2) is 0 Å². The maximum Gasteiger partial charge on any atom is 0.274 e. The Hall–Kier alpha value is -2.40. The van der Waals surface area contributed by atoms with E-state index in [0.717, 1.165) is 55.1 Å². The number of likely N-dealkylation sites (N-methyl/N-ethyl adjacent to an activating group) is 1. The van der Waals surface area contributed by atoms with Crippen LogP contribution in [0.3, 0.4) is 0 Å². The lowest BCUT2D eigenvalue weighted by molar-refractivity contribution is 0.102. The molecule has 0 radical (unpaired) electrons. The molecule has 2 heterocycles. The molecule has 1 amide bonds. The number of piperazine rings is 1. The lowest BCUT2D eigenvalue weighted by Crippen LogP contribution is -2.44. The summed E-state index contributed by atoms with van der Waals surface area (Å²) in [7, 11) is 2.14. The van der Waals surface area contributed by atoms with Crippen LogP contribution in [0.4, 0.5) is 11.4 Å². The number of aryl methyl sites for hydroxylation is 2. The second kappa shape index (κ2) is 7.66. The third-order valence-corrected chi connectivity index (χ3v) is 4.83. The maximum atomic E-state index is 12.6. The summed E-state index contributed by atoms with van der Waals surface area (Å²) < 4.78 is 0. The molecule has 1 fully saturated rings. The van der Waals surface area contributed by atoms with E-state index in [9.17, 15) is 4.79 Å². The van der Waals surface area contributed by atoms with Crippen molar-refractivity contribution in [2.45, 2.75) is 20.3 Å². The van der Waals surface area contributed by atoms with Crippen molar-refractivity contribution in [3.63, 3.8) is 0 Å². The molecular weight excluding hydrogens is 312 g/mol. The molecule has 1 aromatic heterocycles. The number of carbonyl (C=O) groups excluding carboxylic acids is 1. The van der Waals surface area contributed by atoms with E-state index in [4.69, 9.17) is 0 Å².